The van der Waals surface area contributed by atoms with E-state index in [1.807, 2.05) is 19.1 Å². The third-order valence-corrected chi connectivity index (χ3v) is 2.50. The molecule has 0 spiro atoms. The highest BCUT2D eigenvalue weighted by Gasteiger charge is 2.35. The number of carbonyl (C=O) groups is 1. The van der Waals surface area contributed by atoms with Gasteiger partial charge in [-0.2, -0.15) is 0 Å². The van der Waals surface area contributed by atoms with Crippen LogP contribution >= 0.6 is 0 Å². The molecule has 0 saturated carbocycles. The van der Waals surface area contributed by atoms with Gasteiger partial charge in [-0.15, -0.1) is 6.58 Å². The molecule has 0 aliphatic heterocycles. The Balaban J connectivity index is 3.05. The Labute approximate surface area is 95.4 Å². The van der Waals surface area contributed by atoms with Crippen molar-refractivity contribution in [3.05, 3.63) is 48.0 Å². The van der Waals surface area contributed by atoms with Crippen molar-refractivity contribution >= 4 is 5.97 Å². The van der Waals surface area contributed by atoms with Crippen LogP contribution in [0.3, 0.4) is 0 Å². The first-order chi connectivity index (χ1) is 7.50. The first-order valence-electron chi connectivity index (χ1n) is 5.06. The molecule has 0 aliphatic carbocycles. The lowest BCUT2D eigenvalue weighted by Gasteiger charge is -2.25. The highest BCUT2D eigenvalue weighted by Crippen LogP contribution is 2.26. The molecule has 0 heterocycles. The van der Waals surface area contributed by atoms with Gasteiger partial charge in [0.2, 0.25) is 0 Å². The Morgan fingerprint density at radius 1 is 1.50 bits per heavy atom. The van der Waals surface area contributed by atoms with E-state index in [4.69, 9.17) is 4.74 Å². The minimum absolute atomic E-state index is 0.205. The summed E-state index contributed by atoms with van der Waals surface area (Å²) in [4.78, 5) is 11.3. The number of rotatable bonds is 5. The summed E-state index contributed by atoms with van der Waals surface area (Å²) in [6.07, 6.45) is 1.54. The van der Waals surface area contributed by atoms with E-state index in [9.17, 15) is 9.90 Å². The van der Waals surface area contributed by atoms with E-state index in [-0.39, 0.29) is 6.61 Å². The molecular weight excluding hydrogens is 204 g/mol. The fraction of sp³-hybridized carbons (Fsp3) is 0.308. The second-order valence-corrected chi connectivity index (χ2v) is 3.80. The van der Waals surface area contributed by atoms with Gasteiger partial charge in [0.05, 0.1) is 6.61 Å². The lowest BCUT2D eigenvalue weighted by atomic mass is 9.95. The topological polar surface area (TPSA) is 46.5 Å². The minimum Gasteiger partial charge on any atom is -0.479 e. The Hall–Kier alpha value is -1.61. The molecular formula is C13H16O3. The summed E-state index contributed by atoms with van der Waals surface area (Å²) >= 11 is 0. The normalized spacial score (nSPS) is 14.1. The van der Waals surface area contributed by atoms with E-state index in [1.54, 1.807) is 19.1 Å². The maximum absolute atomic E-state index is 11.3. The van der Waals surface area contributed by atoms with Gasteiger partial charge in [-0.3, -0.25) is 0 Å². The highest BCUT2D eigenvalue weighted by molar-refractivity contribution is 5.79. The summed E-state index contributed by atoms with van der Waals surface area (Å²) in [5.74, 6) is -1.00. The van der Waals surface area contributed by atoms with Crippen LogP contribution in [0.25, 0.3) is 0 Å². The van der Waals surface area contributed by atoms with Crippen LogP contribution in [-0.4, -0.2) is 17.7 Å². The molecule has 1 atom stereocenters. The van der Waals surface area contributed by atoms with Crippen LogP contribution in [-0.2, 0) is 15.1 Å². The van der Waals surface area contributed by atoms with Crippen molar-refractivity contribution in [1.29, 1.82) is 0 Å². The van der Waals surface area contributed by atoms with Gasteiger partial charge in [-0.05, 0) is 19.4 Å². The zero-order valence-electron chi connectivity index (χ0n) is 9.56. The van der Waals surface area contributed by atoms with Crippen molar-refractivity contribution in [2.75, 3.05) is 6.61 Å². The van der Waals surface area contributed by atoms with Gasteiger partial charge in [0.25, 0.3) is 0 Å². The number of aliphatic carboxylic acids is 1. The molecule has 0 saturated heterocycles. The van der Waals surface area contributed by atoms with Crippen LogP contribution in [0.2, 0.25) is 0 Å². The summed E-state index contributed by atoms with van der Waals surface area (Å²) in [6, 6.07) is 7.28. The van der Waals surface area contributed by atoms with Crippen molar-refractivity contribution in [2.24, 2.45) is 0 Å². The summed E-state index contributed by atoms with van der Waals surface area (Å²) in [5.41, 5.74) is 0.398. The summed E-state index contributed by atoms with van der Waals surface area (Å²) < 4.78 is 5.35. The summed E-state index contributed by atoms with van der Waals surface area (Å²) in [7, 11) is 0. The molecule has 0 fully saturated rings. The number of benzene rings is 1. The summed E-state index contributed by atoms with van der Waals surface area (Å²) in [5, 5.41) is 9.22. The predicted molar refractivity (Wildman–Crippen MR) is 62.3 cm³/mol. The molecule has 1 rings (SSSR count). The number of hydrogen-bond donors (Lipinski definition) is 1. The first kappa shape index (κ1) is 12.5. The second-order valence-electron chi connectivity index (χ2n) is 3.80. The molecule has 3 nitrogen and oxygen atoms in total. The largest absolute Gasteiger partial charge is 0.479 e. The van der Waals surface area contributed by atoms with E-state index >= 15 is 0 Å². The number of carboxylic acids is 1. The molecule has 86 valence electrons. The molecule has 0 aliphatic rings. The lowest BCUT2D eigenvalue weighted by Crippen LogP contribution is -2.35. The second kappa shape index (κ2) is 4.94. The molecule has 1 N–H and O–H groups in total. The van der Waals surface area contributed by atoms with Crippen LogP contribution in [0.4, 0.5) is 0 Å². The highest BCUT2D eigenvalue weighted by atomic mass is 16.5. The van der Waals surface area contributed by atoms with Gasteiger partial charge in [0.15, 0.2) is 5.60 Å². The fourth-order valence-corrected chi connectivity index (χ4v) is 1.37. The predicted octanol–water partition coefficient (Wildman–Crippen LogP) is 2.50. The number of carboxylic acid groups (broad SMARTS) is 1. The van der Waals surface area contributed by atoms with Crippen LogP contribution < -0.4 is 0 Å². The van der Waals surface area contributed by atoms with Crippen LogP contribution in [0.5, 0.6) is 0 Å². The third-order valence-electron chi connectivity index (χ3n) is 2.50. The van der Waals surface area contributed by atoms with Gasteiger partial charge in [-0.1, -0.05) is 35.9 Å². The van der Waals surface area contributed by atoms with Crippen molar-refractivity contribution in [3.8, 4) is 0 Å². The van der Waals surface area contributed by atoms with Crippen molar-refractivity contribution in [1.82, 2.24) is 0 Å². The number of ether oxygens (including phenoxy) is 1. The minimum atomic E-state index is -1.32. The summed E-state index contributed by atoms with van der Waals surface area (Å²) in [6.45, 7) is 7.21. The van der Waals surface area contributed by atoms with E-state index < -0.39 is 11.6 Å². The van der Waals surface area contributed by atoms with Crippen LogP contribution in [0.1, 0.15) is 18.1 Å². The standard InChI is InChI=1S/C13H16O3/c1-4-9-16-13(3,12(14)15)11-7-5-10(2)6-8-11/h4-8H,1,9H2,2-3H3,(H,14,15). The monoisotopic (exact) mass is 220 g/mol. The van der Waals surface area contributed by atoms with Crippen LogP contribution in [0, 0.1) is 6.92 Å². The Morgan fingerprint density at radius 3 is 2.50 bits per heavy atom. The van der Waals surface area contributed by atoms with E-state index in [0.29, 0.717) is 5.56 Å². The SMILES string of the molecule is C=CCOC(C)(C(=O)O)c1ccc(C)cc1. The van der Waals surface area contributed by atoms with E-state index in [0.717, 1.165) is 5.56 Å². The van der Waals surface area contributed by atoms with Crippen molar-refractivity contribution in [2.45, 2.75) is 19.4 Å². The number of hydrogen-bond acceptors (Lipinski definition) is 2. The van der Waals surface area contributed by atoms with Gasteiger partial charge < -0.3 is 9.84 Å². The lowest BCUT2D eigenvalue weighted by molar-refractivity contribution is -0.163. The third kappa shape index (κ3) is 2.49. The molecule has 0 amide bonds. The zero-order valence-corrected chi connectivity index (χ0v) is 9.56. The van der Waals surface area contributed by atoms with Crippen molar-refractivity contribution < 1.29 is 14.6 Å². The molecule has 1 aromatic carbocycles. The van der Waals surface area contributed by atoms with E-state index in [2.05, 4.69) is 6.58 Å². The van der Waals surface area contributed by atoms with Gasteiger partial charge in [-0.25, -0.2) is 4.79 Å². The Kier molecular flexibility index (Phi) is 3.85. The Bertz CT molecular complexity index is 381. The molecule has 16 heavy (non-hydrogen) atoms. The van der Waals surface area contributed by atoms with Gasteiger partial charge in [0.1, 0.15) is 0 Å². The smallest absolute Gasteiger partial charge is 0.340 e. The van der Waals surface area contributed by atoms with Gasteiger partial charge in [0, 0.05) is 0 Å². The van der Waals surface area contributed by atoms with E-state index in [1.165, 1.54) is 6.08 Å². The molecule has 1 unspecified atom stereocenters. The number of aryl methyl sites for hydroxylation is 1. The average Bonchev–Trinajstić information content (AvgIpc) is 2.26. The van der Waals surface area contributed by atoms with Gasteiger partial charge >= 0.3 is 5.97 Å². The Morgan fingerprint density at radius 2 is 2.06 bits per heavy atom. The maximum Gasteiger partial charge on any atom is 0.340 e. The first-order valence-corrected chi connectivity index (χ1v) is 5.06. The van der Waals surface area contributed by atoms with Crippen molar-refractivity contribution in [3.63, 3.8) is 0 Å². The average molecular weight is 220 g/mol. The molecule has 0 radical (unpaired) electrons. The zero-order chi connectivity index (χ0) is 12.2. The molecule has 3 heteroatoms. The van der Waals surface area contributed by atoms with Crippen LogP contribution in [0.15, 0.2) is 36.9 Å². The molecule has 0 bridgehead atoms. The fourth-order valence-electron chi connectivity index (χ4n) is 1.37. The maximum atomic E-state index is 11.3. The quantitative estimate of drug-likeness (QED) is 0.775. The molecule has 0 aromatic heterocycles. The molecule has 1 aromatic rings.